The molecule has 0 aliphatic carbocycles. The van der Waals surface area contributed by atoms with E-state index in [9.17, 15) is 13.6 Å². The monoisotopic (exact) mass is 362 g/mol. The van der Waals surface area contributed by atoms with Crippen molar-refractivity contribution < 1.29 is 18.3 Å². The Morgan fingerprint density at radius 1 is 1.19 bits per heavy atom. The molecule has 1 aromatic carbocycles. The second kappa shape index (κ2) is 8.46. The van der Waals surface area contributed by atoms with Crippen molar-refractivity contribution >= 4 is 17.5 Å². The zero-order valence-electron chi connectivity index (χ0n) is 14.1. The van der Waals surface area contributed by atoms with E-state index in [2.05, 4.69) is 25.3 Å². The first kappa shape index (κ1) is 17.9. The third-order valence-electron chi connectivity index (χ3n) is 4.06. The van der Waals surface area contributed by atoms with Crippen LogP contribution in [0.2, 0.25) is 0 Å². The topological polar surface area (TPSA) is 66.5 Å². The van der Waals surface area contributed by atoms with Crippen molar-refractivity contribution in [2.75, 3.05) is 23.3 Å². The molecule has 0 bridgehead atoms. The van der Waals surface area contributed by atoms with E-state index >= 15 is 0 Å². The number of anilines is 2. The molecular weight excluding hydrogens is 342 g/mol. The first-order valence-electron chi connectivity index (χ1n) is 8.40. The second-order valence-electron chi connectivity index (χ2n) is 5.89. The summed E-state index contributed by atoms with van der Waals surface area (Å²) in [5, 5.41) is 5.29. The maximum atomic E-state index is 12.4. The normalized spacial score (nSPS) is 13.7. The number of alkyl halides is 2. The van der Waals surface area contributed by atoms with Gasteiger partial charge in [-0.05, 0) is 31.0 Å². The molecule has 1 aromatic heterocycles. The number of pyridine rings is 1. The van der Waals surface area contributed by atoms with Crippen LogP contribution in [0.3, 0.4) is 0 Å². The summed E-state index contributed by atoms with van der Waals surface area (Å²) in [6, 6.07) is 9.53. The number of aromatic nitrogens is 1. The number of carbonyl (C=O) groups excluding carboxylic acids is 1. The summed E-state index contributed by atoms with van der Waals surface area (Å²) in [6.07, 6.45) is 3.93. The first-order valence-corrected chi connectivity index (χ1v) is 8.40. The molecule has 1 aliphatic rings. The quantitative estimate of drug-likeness (QED) is 0.824. The first-order chi connectivity index (χ1) is 12.6. The van der Waals surface area contributed by atoms with Crippen molar-refractivity contribution in [3.8, 4) is 5.75 Å². The average Bonchev–Trinajstić information content (AvgIpc) is 3.16. The molecule has 1 aliphatic heterocycles. The largest absolute Gasteiger partial charge is 0.434 e. The van der Waals surface area contributed by atoms with E-state index in [0.29, 0.717) is 11.3 Å². The van der Waals surface area contributed by atoms with Gasteiger partial charge in [-0.1, -0.05) is 18.2 Å². The van der Waals surface area contributed by atoms with Gasteiger partial charge in [-0.15, -0.1) is 0 Å². The highest BCUT2D eigenvalue weighted by atomic mass is 19.3. The van der Waals surface area contributed by atoms with Crippen LogP contribution < -0.4 is 20.3 Å². The summed E-state index contributed by atoms with van der Waals surface area (Å²) in [5.41, 5.74) is 1.02. The van der Waals surface area contributed by atoms with Gasteiger partial charge in [-0.2, -0.15) is 8.78 Å². The van der Waals surface area contributed by atoms with Crippen molar-refractivity contribution in [3.63, 3.8) is 0 Å². The number of hydrogen-bond acceptors (Lipinski definition) is 4. The number of carbonyl (C=O) groups is 1. The summed E-state index contributed by atoms with van der Waals surface area (Å²) in [4.78, 5) is 18.6. The minimum absolute atomic E-state index is 0.0411. The molecule has 1 saturated heterocycles. The lowest BCUT2D eigenvalue weighted by atomic mass is 10.2. The molecule has 2 heterocycles. The van der Waals surface area contributed by atoms with Gasteiger partial charge in [0.1, 0.15) is 11.6 Å². The van der Waals surface area contributed by atoms with Crippen LogP contribution in [0.25, 0.3) is 0 Å². The number of benzene rings is 1. The molecule has 2 amide bonds. The van der Waals surface area contributed by atoms with Crippen LogP contribution in [0.15, 0.2) is 42.6 Å². The van der Waals surface area contributed by atoms with E-state index < -0.39 is 12.6 Å². The number of halogens is 2. The minimum atomic E-state index is -2.91. The number of rotatable bonds is 6. The zero-order valence-corrected chi connectivity index (χ0v) is 14.1. The summed E-state index contributed by atoms with van der Waals surface area (Å²) < 4.78 is 29.2. The maximum absolute atomic E-state index is 12.4. The Morgan fingerprint density at radius 3 is 2.65 bits per heavy atom. The zero-order chi connectivity index (χ0) is 18.4. The number of amides is 2. The Kier molecular flexibility index (Phi) is 5.83. The molecule has 0 atom stereocenters. The number of hydrogen-bond donors (Lipinski definition) is 2. The molecule has 3 rings (SSSR count). The summed E-state index contributed by atoms with van der Waals surface area (Å²) in [6.45, 7) is -0.848. The fraction of sp³-hybridized carbons (Fsp3) is 0.333. The lowest BCUT2D eigenvalue weighted by Gasteiger charge is -2.16. The molecule has 8 heteroatoms. The highest BCUT2D eigenvalue weighted by molar-refractivity contribution is 5.89. The lowest BCUT2D eigenvalue weighted by molar-refractivity contribution is -0.0504. The second-order valence-corrected chi connectivity index (χ2v) is 5.89. The number of para-hydroxylation sites is 1. The average molecular weight is 362 g/mol. The molecule has 0 saturated carbocycles. The smallest absolute Gasteiger partial charge is 0.387 e. The van der Waals surface area contributed by atoms with Crippen molar-refractivity contribution in [2.24, 2.45) is 0 Å². The van der Waals surface area contributed by atoms with E-state index in [1.54, 1.807) is 30.5 Å². The Labute approximate surface area is 150 Å². The van der Waals surface area contributed by atoms with Gasteiger partial charge >= 0.3 is 12.6 Å². The van der Waals surface area contributed by atoms with E-state index in [4.69, 9.17) is 0 Å². The fourth-order valence-electron chi connectivity index (χ4n) is 2.80. The molecule has 2 N–H and O–H groups in total. The van der Waals surface area contributed by atoms with E-state index in [1.165, 1.54) is 18.9 Å². The number of ether oxygens (including phenoxy) is 1. The lowest BCUT2D eigenvalue weighted by Crippen LogP contribution is -2.28. The summed E-state index contributed by atoms with van der Waals surface area (Å²) in [5.74, 6) is 0.936. The summed E-state index contributed by atoms with van der Waals surface area (Å²) in [7, 11) is 0. The maximum Gasteiger partial charge on any atom is 0.387 e. The van der Waals surface area contributed by atoms with Gasteiger partial charge in [0, 0.05) is 25.2 Å². The molecule has 0 unspecified atom stereocenters. The molecular formula is C18H20F2N4O2. The van der Waals surface area contributed by atoms with Crippen LogP contribution >= 0.6 is 0 Å². The van der Waals surface area contributed by atoms with Crippen LogP contribution in [0.5, 0.6) is 5.75 Å². The third kappa shape index (κ3) is 4.81. The third-order valence-corrected chi connectivity index (χ3v) is 4.06. The molecule has 6 nitrogen and oxygen atoms in total. The van der Waals surface area contributed by atoms with Gasteiger partial charge in [0.15, 0.2) is 0 Å². The standard InChI is InChI=1S/C18H20F2N4O2/c19-17(20)26-15-6-2-1-5-13(15)11-22-18(25)23-14-7-8-16(21-12-14)24-9-3-4-10-24/h1-2,5-8,12,17H,3-4,9-11H2,(H2,22,23,25). The number of nitrogens with one attached hydrogen (secondary N) is 2. The van der Waals surface area contributed by atoms with Gasteiger partial charge in [-0.25, -0.2) is 9.78 Å². The highest BCUT2D eigenvalue weighted by Gasteiger charge is 2.13. The van der Waals surface area contributed by atoms with Crippen LogP contribution in [0, 0.1) is 0 Å². The van der Waals surface area contributed by atoms with Gasteiger partial charge in [0.25, 0.3) is 0 Å². The van der Waals surface area contributed by atoms with Crippen LogP contribution in [-0.4, -0.2) is 30.7 Å². The number of nitrogens with zero attached hydrogens (tertiary/aromatic N) is 2. The predicted octanol–water partition coefficient (Wildman–Crippen LogP) is 3.60. The van der Waals surface area contributed by atoms with Gasteiger partial charge in [0.2, 0.25) is 0 Å². The van der Waals surface area contributed by atoms with Crippen molar-refractivity contribution in [3.05, 3.63) is 48.2 Å². The van der Waals surface area contributed by atoms with E-state index in [1.807, 2.05) is 6.07 Å². The van der Waals surface area contributed by atoms with Crippen molar-refractivity contribution in [1.29, 1.82) is 0 Å². The Hall–Kier alpha value is -2.90. The molecule has 1 fully saturated rings. The Morgan fingerprint density at radius 2 is 1.96 bits per heavy atom. The Bertz CT molecular complexity index is 734. The van der Waals surface area contributed by atoms with E-state index in [-0.39, 0.29) is 12.3 Å². The van der Waals surface area contributed by atoms with E-state index in [0.717, 1.165) is 18.9 Å². The number of urea groups is 1. The fourth-order valence-corrected chi connectivity index (χ4v) is 2.80. The van der Waals surface area contributed by atoms with Crippen LogP contribution in [-0.2, 0) is 6.54 Å². The van der Waals surface area contributed by atoms with Crippen LogP contribution in [0.1, 0.15) is 18.4 Å². The SMILES string of the molecule is O=C(NCc1ccccc1OC(F)F)Nc1ccc(N2CCCC2)nc1. The van der Waals surface area contributed by atoms with Crippen molar-refractivity contribution in [2.45, 2.75) is 26.0 Å². The van der Waals surface area contributed by atoms with Crippen molar-refractivity contribution in [1.82, 2.24) is 10.3 Å². The summed E-state index contributed by atoms with van der Waals surface area (Å²) >= 11 is 0. The predicted molar refractivity (Wildman–Crippen MR) is 94.6 cm³/mol. The molecule has 26 heavy (non-hydrogen) atoms. The van der Waals surface area contributed by atoms with Crippen LogP contribution in [0.4, 0.5) is 25.1 Å². The molecule has 0 spiro atoms. The minimum Gasteiger partial charge on any atom is -0.434 e. The molecule has 0 radical (unpaired) electrons. The van der Waals surface area contributed by atoms with Gasteiger partial charge in [-0.3, -0.25) is 0 Å². The van der Waals surface area contributed by atoms with Gasteiger partial charge < -0.3 is 20.3 Å². The molecule has 2 aromatic rings. The highest BCUT2D eigenvalue weighted by Crippen LogP contribution is 2.21. The Balaban J connectivity index is 1.53. The molecule has 138 valence electrons. The van der Waals surface area contributed by atoms with Gasteiger partial charge in [0.05, 0.1) is 11.9 Å².